The van der Waals surface area contributed by atoms with Gasteiger partial charge in [0.15, 0.2) is 0 Å². The van der Waals surface area contributed by atoms with Crippen LogP contribution in [0.15, 0.2) is 48.5 Å². The van der Waals surface area contributed by atoms with Crippen molar-refractivity contribution in [2.75, 3.05) is 0 Å². The normalized spacial score (nSPS) is 10.7. The molecule has 118 valence electrons. The summed E-state index contributed by atoms with van der Waals surface area (Å²) in [6.07, 6.45) is -4.78. The van der Waals surface area contributed by atoms with Crippen molar-refractivity contribution in [2.24, 2.45) is 0 Å². The van der Waals surface area contributed by atoms with Crippen molar-refractivity contribution in [3.05, 3.63) is 65.2 Å². The Balaban J connectivity index is 1.97. The Labute approximate surface area is 129 Å². The standard InChI is InChI=1S/C16H10F3NO3/c17-16(18,19)23-14-6-4-13(5-7-14)15(21)22-10-12-3-1-2-11(8-12)9-20/h1-8H,10H2. The molecule has 23 heavy (non-hydrogen) atoms. The molecule has 0 saturated heterocycles. The molecule has 0 aliphatic carbocycles. The van der Waals surface area contributed by atoms with Gasteiger partial charge in [0, 0.05) is 0 Å². The van der Waals surface area contributed by atoms with Crippen LogP contribution in [-0.4, -0.2) is 12.3 Å². The summed E-state index contributed by atoms with van der Waals surface area (Å²) in [5, 5.41) is 8.77. The first-order chi connectivity index (χ1) is 10.9. The number of hydrogen-bond acceptors (Lipinski definition) is 4. The fraction of sp³-hybridized carbons (Fsp3) is 0.125. The average Bonchev–Trinajstić information content (AvgIpc) is 2.52. The maximum absolute atomic E-state index is 12.0. The van der Waals surface area contributed by atoms with E-state index >= 15 is 0 Å². The van der Waals surface area contributed by atoms with Gasteiger partial charge >= 0.3 is 12.3 Å². The molecule has 7 heteroatoms. The van der Waals surface area contributed by atoms with Gasteiger partial charge in [0.2, 0.25) is 0 Å². The van der Waals surface area contributed by atoms with E-state index in [0.29, 0.717) is 11.1 Å². The SMILES string of the molecule is N#Cc1cccc(COC(=O)c2ccc(OC(F)(F)F)cc2)c1. The molecule has 0 unspecified atom stereocenters. The molecule has 0 heterocycles. The Morgan fingerprint density at radius 3 is 2.43 bits per heavy atom. The second-order valence-electron chi connectivity index (χ2n) is 4.46. The van der Waals surface area contributed by atoms with Crippen LogP contribution in [0.3, 0.4) is 0 Å². The highest BCUT2D eigenvalue weighted by Gasteiger charge is 2.31. The first-order valence-corrected chi connectivity index (χ1v) is 6.39. The third kappa shape index (κ3) is 5.04. The number of nitrogens with zero attached hydrogens (tertiary/aromatic N) is 1. The van der Waals surface area contributed by atoms with E-state index in [9.17, 15) is 18.0 Å². The van der Waals surface area contributed by atoms with Crippen LogP contribution >= 0.6 is 0 Å². The summed E-state index contributed by atoms with van der Waals surface area (Å²) in [6.45, 7) is -0.0465. The van der Waals surface area contributed by atoms with Crippen molar-refractivity contribution in [1.82, 2.24) is 0 Å². The van der Waals surface area contributed by atoms with Crippen LogP contribution < -0.4 is 4.74 Å². The topological polar surface area (TPSA) is 59.3 Å². The molecule has 4 nitrogen and oxygen atoms in total. The Bertz CT molecular complexity index is 733. The highest BCUT2D eigenvalue weighted by Crippen LogP contribution is 2.23. The summed E-state index contributed by atoms with van der Waals surface area (Å²) < 4.78 is 44.9. The zero-order chi connectivity index (χ0) is 16.9. The first kappa shape index (κ1) is 16.4. The zero-order valence-corrected chi connectivity index (χ0v) is 11.6. The van der Waals surface area contributed by atoms with Gasteiger partial charge in [-0.05, 0) is 42.0 Å². The molecular weight excluding hydrogens is 311 g/mol. The van der Waals surface area contributed by atoms with Crippen molar-refractivity contribution in [3.8, 4) is 11.8 Å². The Morgan fingerprint density at radius 1 is 1.13 bits per heavy atom. The molecule has 0 saturated carbocycles. The van der Waals surface area contributed by atoms with Gasteiger partial charge in [-0.3, -0.25) is 0 Å². The molecule has 0 radical (unpaired) electrons. The van der Waals surface area contributed by atoms with Crippen LogP contribution in [0.2, 0.25) is 0 Å². The highest BCUT2D eigenvalue weighted by atomic mass is 19.4. The predicted octanol–water partition coefficient (Wildman–Crippen LogP) is 3.81. The predicted molar refractivity (Wildman–Crippen MR) is 73.4 cm³/mol. The molecule has 0 aliphatic rings. The van der Waals surface area contributed by atoms with Gasteiger partial charge in [-0.2, -0.15) is 5.26 Å². The lowest BCUT2D eigenvalue weighted by molar-refractivity contribution is -0.274. The second-order valence-corrected chi connectivity index (χ2v) is 4.46. The monoisotopic (exact) mass is 321 g/mol. The van der Waals surface area contributed by atoms with E-state index < -0.39 is 18.1 Å². The number of rotatable bonds is 4. The number of carbonyl (C=O) groups excluding carboxylic acids is 1. The number of nitriles is 1. The van der Waals surface area contributed by atoms with Crippen LogP contribution in [0.25, 0.3) is 0 Å². The molecule has 2 rings (SSSR count). The Kier molecular flexibility index (Phi) is 4.86. The Hall–Kier alpha value is -3.01. The van der Waals surface area contributed by atoms with Crippen molar-refractivity contribution in [2.45, 2.75) is 13.0 Å². The number of halogens is 3. The third-order valence-electron chi connectivity index (χ3n) is 2.75. The van der Waals surface area contributed by atoms with Crippen LogP contribution in [0, 0.1) is 11.3 Å². The van der Waals surface area contributed by atoms with Crippen LogP contribution in [-0.2, 0) is 11.3 Å². The summed E-state index contributed by atoms with van der Waals surface area (Å²) in [6, 6.07) is 12.9. The van der Waals surface area contributed by atoms with Gasteiger partial charge in [0.05, 0.1) is 17.2 Å². The van der Waals surface area contributed by atoms with E-state index in [-0.39, 0.29) is 12.2 Å². The molecular formula is C16H10F3NO3. The second kappa shape index (κ2) is 6.83. The van der Waals surface area contributed by atoms with Crippen LogP contribution in [0.1, 0.15) is 21.5 Å². The lowest BCUT2D eigenvalue weighted by Crippen LogP contribution is -2.17. The molecule has 0 amide bonds. The van der Waals surface area contributed by atoms with Crippen LogP contribution in [0.4, 0.5) is 13.2 Å². The number of hydrogen-bond donors (Lipinski definition) is 0. The molecule has 0 N–H and O–H groups in total. The maximum Gasteiger partial charge on any atom is 0.573 e. The lowest BCUT2D eigenvalue weighted by atomic mass is 10.1. The average molecular weight is 321 g/mol. The number of ether oxygens (including phenoxy) is 2. The summed E-state index contributed by atoms with van der Waals surface area (Å²) in [5.74, 6) is -1.11. The minimum Gasteiger partial charge on any atom is -0.457 e. The van der Waals surface area contributed by atoms with Gasteiger partial charge in [-0.1, -0.05) is 12.1 Å². The number of carbonyl (C=O) groups is 1. The highest BCUT2D eigenvalue weighted by molar-refractivity contribution is 5.89. The fourth-order valence-electron chi connectivity index (χ4n) is 1.76. The summed E-state index contributed by atoms with van der Waals surface area (Å²) in [5.41, 5.74) is 1.16. The first-order valence-electron chi connectivity index (χ1n) is 6.39. The number of alkyl halides is 3. The van der Waals surface area contributed by atoms with E-state index in [2.05, 4.69) is 4.74 Å². The molecule has 2 aromatic carbocycles. The van der Waals surface area contributed by atoms with Gasteiger partial charge in [-0.15, -0.1) is 13.2 Å². The lowest BCUT2D eigenvalue weighted by Gasteiger charge is -2.09. The molecule has 0 aliphatic heterocycles. The van der Waals surface area contributed by atoms with E-state index in [4.69, 9.17) is 10.00 Å². The summed E-state index contributed by atoms with van der Waals surface area (Å²) in [4.78, 5) is 11.8. The van der Waals surface area contributed by atoms with Crippen LogP contribution in [0.5, 0.6) is 5.75 Å². The van der Waals surface area contributed by atoms with Gasteiger partial charge in [0.1, 0.15) is 12.4 Å². The molecule has 0 spiro atoms. The zero-order valence-electron chi connectivity index (χ0n) is 11.6. The quantitative estimate of drug-likeness (QED) is 0.803. The molecule has 2 aromatic rings. The minimum atomic E-state index is -4.78. The van der Waals surface area contributed by atoms with Gasteiger partial charge in [-0.25, -0.2) is 4.79 Å². The van der Waals surface area contributed by atoms with Gasteiger partial charge < -0.3 is 9.47 Å². The third-order valence-corrected chi connectivity index (χ3v) is 2.75. The summed E-state index contributed by atoms with van der Waals surface area (Å²) in [7, 11) is 0. The smallest absolute Gasteiger partial charge is 0.457 e. The molecule has 0 fully saturated rings. The Morgan fingerprint density at radius 2 is 1.83 bits per heavy atom. The molecule has 0 bridgehead atoms. The van der Waals surface area contributed by atoms with Crippen molar-refractivity contribution in [1.29, 1.82) is 5.26 Å². The van der Waals surface area contributed by atoms with Crippen molar-refractivity contribution < 1.29 is 27.4 Å². The van der Waals surface area contributed by atoms with E-state index in [0.717, 1.165) is 12.1 Å². The minimum absolute atomic E-state index is 0.0465. The van der Waals surface area contributed by atoms with Crippen molar-refractivity contribution >= 4 is 5.97 Å². The fourth-order valence-corrected chi connectivity index (χ4v) is 1.76. The van der Waals surface area contributed by atoms with E-state index in [1.165, 1.54) is 12.1 Å². The number of esters is 1. The number of benzene rings is 2. The van der Waals surface area contributed by atoms with Gasteiger partial charge in [0.25, 0.3) is 0 Å². The maximum atomic E-state index is 12.0. The summed E-state index contributed by atoms with van der Waals surface area (Å²) >= 11 is 0. The molecule has 0 aromatic heterocycles. The molecule has 0 atom stereocenters. The van der Waals surface area contributed by atoms with E-state index in [1.807, 2.05) is 6.07 Å². The van der Waals surface area contributed by atoms with E-state index in [1.54, 1.807) is 24.3 Å². The largest absolute Gasteiger partial charge is 0.573 e. The van der Waals surface area contributed by atoms with Crippen molar-refractivity contribution in [3.63, 3.8) is 0 Å².